The molecule has 10 heteroatoms. The number of aliphatic imine (C=N–C) groups is 1. The average Bonchev–Trinajstić information content (AvgIpc) is 3.14. The second-order valence-corrected chi connectivity index (χ2v) is 11.9. The third-order valence-electron chi connectivity index (χ3n) is 7.36. The molecule has 2 heterocycles. The van der Waals surface area contributed by atoms with E-state index in [-0.39, 0.29) is 24.9 Å². The summed E-state index contributed by atoms with van der Waals surface area (Å²) in [5.41, 5.74) is 0.314. The van der Waals surface area contributed by atoms with Gasteiger partial charge in [0.2, 0.25) is 15.9 Å². The maximum atomic E-state index is 13.1. The first kappa shape index (κ1) is 26.3. The van der Waals surface area contributed by atoms with Crippen LogP contribution in [0.4, 0.5) is 5.69 Å². The van der Waals surface area contributed by atoms with E-state index < -0.39 is 15.6 Å². The predicted molar refractivity (Wildman–Crippen MR) is 140 cm³/mol. The third-order valence-corrected chi connectivity index (χ3v) is 8.93. The Hall–Kier alpha value is -2.72. The number of hydrogen-bond acceptors (Lipinski definition) is 6. The third kappa shape index (κ3) is 5.81. The van der Waals surface area contributed by atoms with Gasteiger partial charge in [-0.15, -0.1) is 0 Å². The van der Waals surface area contributed by atoms with Crippen LogP contribution in [0.5, 0.6) is 5.75 Å². The molecule has 36 heavy (non-hydrogen) atoms. The van der Waals surface area contributed by atoms with Gasteiger partial charge in [-0.1, -0.05) is 19.8 Å². The molecule has 2 aliphatic heterocycles. The molecule has 0 unspecified atom stereocenters. The maximum absolute atomic E-state index is 13.1. The largest absolute Gasteiger partial charge is 0.493 e. The summed E-state index contributed by atoms with van der Waals surface area (Å²) in [5.74, 6) is 2.00. The van der Waals surface area contributed by atoms with Gasteiger partial charge in [-0.3, -0.25) is 14.6 Å². The van der Waals surface area contributed by atoms with Crippen molar-refractivity contribution in [3.8, 4) is 5.75 Å². The average molecular weight is 517 g/mol. The van der Waals surface area contributed by atoms with Crippen LogP contribution in [0.3, 0.4) is 0 Å². The minimum absolute atomic E-state index is 0.0932. The monoisotopic (exact) mass is 516 g/mol. The molecule has 0 bridgehead atoms. The van der Waals surface area contributed by atoms with E-state index in [2.05, 4.69) is 17.6 Å². The molecule has 0 radical (unpaired) electrons. The van der Waals surface area contributed by atoms with E-state index in [4.69, 9.17) is 9.73 Å². The molecule has 3 aliphatic rings. The number of nitrogens with zero attached hydrogens (tertiary/aromatic N) is 2. The standard InChI is InChI=1S/C26H36N4O5S/c1-4-35-23-17-22(27-19(3)31)10-9-20(23)11-16-36(33,34)30-14-12-26(13-15-30)25(32)28-24(29-26)21-7-5-18(2)6-8-21/h9-11,16-18,21H,4-8,12-15H2,1-3H3,(H,27,31)(H,28,29,32). The summed E-state index contributed by atoms with van der Waals surface area (Å²) in [6.45, 7) is 6.38. The number of anilines is 1. The number of hydrogen-bond donors (Lipinski definition) is 2. The molecular weight excluding hydrogens is 480 g/mol. The Labute approximate surface area is 213 Å². The summed E-state index contributed by atoms with van der Waals surface area (Å²) in [5, 5.41) is 6.89. The van der Waals surface area contributed by atoms with Gasteiger partial charge in [-0.2, -0.15) is 4.31 Å². The van der Waals surface area contributed by atoms with Crippen LogP contribution in [0, 0.1) is 11.8 Å². The number of benzene rings is 1. The van der Waals surface area contributed by atoms with Crippen molar-refractivity contribution in [3.63, 3.8) is 0 Å². The molecule has 1 aliphatic carbocycles. The number of amides is 2. The topological polar surface area (TPSA) is 117 Å². The van der Waals surface area contributed by atoms with E-state index in [0.29, 0.717) is 48.3 Å². The van der Waals surface area contributed by atoms with E-state index in [1.807, 2.05) is 6.92 Å². The Morgan fingerprint density at radius 3 is 2.58 bits per heavy atom. The van der Waals surface area contributed by atoms with Crippen molar-refractivity contribution in [3.05, 3.63) is 29.2 Å². The first-order chi connectivity index (χ1) is 17.1. The van der Waals surface area contributed by atoms with Crippen LogP contribution in [0.15, 0.2) is 28.6 Å². The number of carbonyl (C=O) groups excluding carboxylic acids is 2. The highest BCUT2D eigenvalue weighted by molar-refractivity contribution is 7.92. The van der Waals surface area contributed by atoms with E-state index >= 15 is 0 Å². The van der Waals surface area contributed by atoms with Crippen LogP contribution in [-0.4, -0.2) is 55.6 Å². The molecule has 0 atom stereocenters. The van der Waals surface area contributed by atoms with Crippen LogP contribution >= 0.6 is 0 Å². The van der Waals surface area contributed by atoms with Crippen LogP contribution in [-0.2, 0) is 19.6 Å². The van der Waals surface area contributed by atoms with E-state index in [1.165, 1.54) is 22.7 Å². The quantitative estimate of drug-likeness (QED) is 0.575. The van der Waals surface area contributed by atoms with Crippen LogP contribution in [0.2, 0.25) is 0 Å². The summed E-state index contributed by atoms with van der Waals surface area (Å²) < 4.78 is 33.2. The van der Waals surface area contributed by atoms with Crippen molar-refractivity contribution in [2.24, 2.45) is 16.8 Å². The molecule has 1 spiro atoms. The predicted octanol–water partition coefficient (Wildman–Crippen LogP) is 3.53. The summed E-state index contributed by atoms with van der Waals surface area (Å²) in [6, 6.07) is 5.07. The number of nitrogens with one attached hydrogen (secondary N) is 2. The Morgan fingerprint density at radius 2 is 1.94 bits per heavy atom. The number of sulfonamides is 1. The molecule has 1 saturated heterocycles. The first-order valence-electron chi connectivity index (χ1n) is 12.8. The zero-order valence-corrected chi connectivity index (χ0v) is 22.1. The smallest absolute Gasteiger partial charge is 0.253 e. The van der Waals surface area contributed by atoms with E-state index in [9.17, 15) is 18.0 Å². The highest BCUT2D eigenvalue weighted by Gasteiger charge is 2.48. The Bertz CT molecular complexity index is 1160. The second kappa shape index (κ2) is 10.7. The zero-order valence-electron chi connectivity index (χ0n) is 21.2. The lowest BCUT2D eigenvalue weighted by molar-refractivity contribution is -0.125. The summed E-state index contributed by atoms with van der Waals surface area (Å²) in [4.78, 5) is 29.1. The normalized spacial score (nSPS) is 24.5. The lowest BCUT2D eigenvalue weighted by Gasteiger charge is -2.34. The lowest BCUT2D eigenvalue weighted by Crippen LogP contribution is -2.50. The van der Waals surface area contributed by atoms with Crippen molar-refractivity contribution < 1.29 is 22.7 Å². The molecule has 9 nitrogen and oxygen atoms in total. The number of rotatable bonds is 7. The molecule has 196 valence electrons. The van der Waals surface area contributed by atoms with Gasteiger partial charge < -0.3 is 15.4 Å². The van der Waals surface area contributed by atoms with Crippen LogP contribution in [0.25, 0.3) is 6.08 Å². The summed E-state index contributed by atoms with van der Waals surface area (Å²) in [6.07, 6.45) is 6.61. The fraction of sp³-hybridized carbons (Fsp3) is 0.577. The fourth-order valence-corrected chi connectivity index (χ4v) is 6.38. The molecule has 2 amide bonds. The van der Waals surface area contributed by atoms with Gasteiger partial charge in [-0.05, 0) is 56.7 Å². The lowest BCUT2D eigenvalue weighted by atomic mass is 9.82. The summed E-state index contributed by atoms with van der Waals surface area (Å²) >= 11 is 0. The fourth-order valence-electron chi connectivity index (χ4n) is 5.20. The maximum Gasteiger partial charge on any atom is 0.253 e. The van der Waals surface area contributed by atoms with Gasteiger partial charge in [0.25, 0.3) is 5.91 Å². The minimum Gasteiger partial charge on any atom is -0.493 e. The molecule has 1 saturated carbocycles. The highest BCUT2D eigenvalue weighted by atomic mass is 32.2. The SMILES string of the molecule is CCOc1cc(NC(C)=O)ccc1C=CS(=O)(=O)N1CCC2(CC1)N=C(C1CCC(C)CC1)NC2=O. The molecule has 4 rings (SSSR count). The van der Waals surface area contributed by atoms with Crippen molar-refractivity contribution in [1.29, 1.82) is 0 Å². The molecule has 1 aromatic carbocycles. The van der Waals surface area contributed by atoms with Crippen LogP contribution in [0.1, 0.15) is 64.9 Å². The molecule has 1 aromatic rings. The van der Waals surface area contributed by atoms with Gasteiger partial charge >= 0.3 is 0 Å². The minimum atomic E-state index is -3.70. The molecule has 2 N–H and O–H groups in total. The summed E-state index contributed by atoms with van der Waals surface area (Å²) in [7, 11) is -3.70. The van der Waals surface area contributed by atoms with Gasteiger partial charge in [0.15, 0.2) is 0 Å². The Kier molecular flexibility index (Phi) is 7.85. The van der Waals surface area contributed by atoms with Crippen LogP contribution < -0.4 is 15.4 Å². The van der Waals surface area contributed by atoms with Crippen molar-refractivity contribution in [2.45, 2.75) is 64.8 Å². The number of amidine groups is 1. The first-order valence-corrected chi connectivity index (χ1v) is 14.3. The van der Waals surface area contributed by atoms with E-state index in [1.54, 1.807) is 18.2 Å². The number of carbonyl (C=O) groups is 2. The van der Waals surface area contributed by atoms with Crippen molar-refractivity contribution in [1.82, 2.24) is 9.62 Å². The van der Waals surface area contributed by atoms with Gasteiger partial charge in [0.05, 0.1) is 6.61 Å². The second-order valence-electron chi connectivity index (χ2n) is 10.1. The van der Waals surface area contributed by atoms with Crippen molar-refractivity contribution >= 4 is 39.4 Å². The Balaban J connectivity index is 1.43. The van der Waals surface area contributed by atoms with Gasteiger partial charge in [-0.25, -0.2) is 8.42 Å². The van der Waals surface area contributed by atoms with Gasteiger partial charge in [0.1, 0.15) is 17.1 Å². The number of ether oxygens (including phenoxy) is 1. The highest BCUT2D eigenvalue weighted by Crippen LogP contribution is 2.36. The molecule has 0 aromatic heterocycles. The van der Waals surface area contributed by atoms with E-state index in [0.717, 1.165) is 31.5 Å². The number of piperidine rings is 1. The van der Waals surface area contributed by atoms with Crippen molar-refractivity contribution in [2.75, 3.05) is 25.0 Å². The zero-order chi connectivity index (χ0) is 25.9. The Morgan fingerprint density at radius 1 is 1.25 bits per heavy atom. The van der Waals surface area contributed by atoms with Gasteiger partial charge in [0, 0.05) is 48.7 Å². The molecular formula is C26H36N4O5S. The molecule has 2 fully saturated rings.